The van der Waals surface area contributed by atoms with E-state index in [1.54, 1.807) is 13.1 Å². The van der Waals surface area contributed by atoms with Crippen LogP contribution < -0.4 is 0 Å². The van der Waals surface area contributed by atoms with E-state index in [0.717, 1.165) is 6.54 Å². The highest BCUT2D eigenvalue weighted by Gasteiger charge is 2.08. The first-order valence-electron chi connectivity index (χ1n) is 5.10. The Morgan fingerprint density at radius 1 is 1.50 bits per heavy atom. The highest BCUT2D eigenvalue weighted by molar-refractivity contribution is 14.1. The van der Waals surface area contributed by atoms with Crippen molar-refractivity contribution in [2.24, 2.45) is 0 Å². The van der Waals surface area contributed by atoms with E-state index >= 15 is 0 Å². The zero-order valence-corrected chi connectivity index (χ0v) is 11.1. The van der Waals surface area contributed by atoms with E-state index in [9.17, 15) is 5.11 Å². The molecule has 2 rings (SSSR count). The van der Waals surface area contributed by atoms with E-state index in [2.05, 4.69) is 45.8 Å². The summed E-state index contributed by atoms with van der Waals surface area (Å²) in [6.07, 6.45) is 3.08. The lowest BCUT2D eigenvalue weighted by Crippen LogP contribution is -2.07. The van der Waals surface area contributed by atoms with E-state index < -0.39 is 6.10 Å². The molecule has 0 bridgehead atoms. The second-order valence-electron chi connectivity index (χ2n) is 3.72. The van der Waals surface area contributed by atoms with Crippen LogP contribution in [0.3, 0.4) is 0 Å². The van der Waals surface area contributed by atoms with Crippen LogP contribution in [-0.2, 0) is 6.54 Å². The van der Waals surface area contributed by atoms with Crippen LogP contribution in [0.25, 0.3) is 0 Å². The molecule has 0 aliphatic carbocycles. The average Bonchev–Trinajstić information content (AvgIpc) is 2.66. The van der Waals surface area contributed by atoms with E-state index in [1.165, 1.54) is 9.13 Å². The van der Waals surface area contributed by atoms with Gasteiger partial charge in [0.1, 0.15) is 11.9 Å². The maximum Gasteiger partial charge on any atom is 0.137 e. The van der Waals surface area contributed by atoms with Crippen LogP contribution in [0.1, 0.15) is 24.4 Å². The smallest absolute Gasteiger partial charge is 0.137 e. The molecule has 4 heteroatoms. The molecule has 1 atom stereocenters. The number of aliphatic hydroxyl groups is 1. The third-order valence-electron chi connectivity index (χ3n) is 2.36. The number of aliphatic hydroxyl groups excluding tert-OH is 1. The number of nitrogens with zero attached hydrogens (tertiary/aromatic N) is 2. The minimum Gasteiger partial charge on any atom is -0.385 e. The minimum absolute atomic E-state index is 0.530. The summed E-state index contributed by atoms with van der Waals surface area (Å²) in [6, 6.07) is 8.31. The van der Waals surface area contributed by atoms with Gasteiger partial charge < -0.3 is 9.67 Å². The molecule has 84 valence electrons. The van der Waals surface area contributed by atoms with Gasteiger partial charge >= 0.3 is 0 Å². The van der Waals surface area contributed by atoms with Crippen molar-refractivity contribution in [2.45, 2.75) is 19.6 Å². The Balaban J connectivity index is 2.24. The van der Waals surface area contributed by atoms with Crippen LogP contribution in [0.15, 0.2) is 36.7 Å². The Morgan fingerprint density at radius 2 is 2.31 bits per heavy atom. The van der Waals surface area contributed by atoms with Crippen molar-refractivity contribution in [1.82, 2.24) is 9.55 Å². The van der Waals surface area contributed by atoms with Gasteiger partial charge in [-0.25, -0.2) is 4.98 Å². The van der Waals surface area contributed by atoms with Gasteiger partial charge in [-0.15, -0.1) is 0 Å². The van der Waals surface area contributed by atoms with Gasteiger partial charge in [0.25, 0.3) is 0 Å². The van der Waals surface area contributed by atoms with Crippen molar-refractivity contribution in [1.29, 1.82) is 0 Å². The number of hydrogen-bond donors (Lipinski definition) is 1. The molecular formula is C12H13IN2O. The van der Waals surface area contributed by atoms with E-state index in [4.69, 9.17) is 0 Å². The largest absolute Gasteiger partial charge is 0.385 e. The highest BCUT2D eigenvalue weighted by Crippen LogP contribution is 2.13. The number of imidazole rings is 1. The zero-order chi connectivity index (χ0) is 11.5. The summed E-state index contributed by atoms with van der Waals surface area (Å²) in [5, 5.41) is 9.54. The van der Waals surface area contributed by atoms with E-state index in [-0.39, 0.29) is 0 Å². The fourth-order valence-electron chi connectivity index (χ4n) is 1.65. The molecule has 0 saturated carbocycles. The van der Waals surface area contributed by atoms with Crippen LogP contribution in [0.4, 0.5) is 0 Å². The van der Waals surface area contributed by atoms with Crippen molar-refractivity contribution in [3.05, 3.63) is 51.6 Å². The summed E-state index contributed by atoms with van der Waals surface area (Å²) in [5.41, 5.74) is 1.21. The lowest BCUT2D eigenvalue weighted by Gasteiger charge is -2.09. The summed E-state index contributed by atoms with van der Waals surface area (Å²) in [7, 11) is 0. The third-order valence-corrected chi connectivity index (χ3v) is 3.03. The SMILES string of the molecule is CC(O)c1nccn1Cc1cccc(I)c1. The van der Waals surface area contributed by atoms with Crippen molar-refractivity contribution in [3.8, 4) is 0 Å². The van der Waals surface area contributed by atoms with Gasteiger partial charge in [0, 0.05) is 22.5 Å². The molecule has 3 nitrogen and oxygen atoms in total. The second-order valence-corrected chi connectivity index (χ2v) is 4.96. The summed E-state index contributed by atoms with van der Waals surface area (Å²) < 4.78 is 3.18. The van der Waals surface area contributed by atoms with Crippen LogP contribution in [0.5, 0.6) is 0 Å². The molecule has 0 aliphatic heterocycles. The Labute approximate surface area is 108 Å². The minimum atomic E-state index is -0.530. The summed E-state index contributed by atoms with van der Waals surface area (Å²) in [5.74, 6) is 0.707. The number of halogens is 1. The van der Waals surface area contributed by atoms with E-state index in [0.29, 0.717) is 5.82 Å². The monoisotopic (exact) mass is 328 g/mol. The van der Waals surface area contributed by atoms with Crippen LogP contribution in [-0.4, -0.2) is 14.7 Å². The number of benzene rings is 1. The molecule has 1 aromatic heterocycles. The lowest BCUT2D eigenvalue weighted by atomic mass is 10.2. The predicted molar refractivity (Wildman–Crippen MR) is 71.1 cm³/mol. The van der Waals surface area contributed by atoms with Gasteiger partial charge in [0.05, 0.1) is 0 Å². The number of aromatic nitrogens is 2. The molecule has 1 heterocycles. The molecule has 0 amide bonds. The first kappa shape index (κ1) is 11.6. The van der Waals surface area contributed by atoms with Gasteiger partial charge in [0.15, 0.2) is 0 Å². The first-order chi connectivity index (χ1) is 7.66. The molecule has 1 N–H and O–H groups in total. The van der Waals surface area contributed by atoms with Gasteiger partial charge in [-0.1, -0.05) is 12.1 Å². The zero-order valence-electron chi connectivity index (χ0n) is 8.97. The first-order valence-corrected chi connectivity index (χ1v) is 6.18. The molecule has 0 radical (unpaired) electrons. The standard InChI is InChI=1S/C12H13IN2O/c1-9(16)12-14-5-6-15(12)8-10-3-2-4-11(13)7-10/h2-7,9,16H,8H2,1H3. The maximum absolute atomic E-state index is 9.54. The van der Waals surface area contributed by atoms with Crippen molar-refractivity contribution in [2.75, 3.05) is 0 Å². The average molecular weight is 328 g/mol. The molecular weight excluding hydrogens is 315 g/mol. The van der Waals surface area contributed by atoms with Gasteiger partial charge in [-0.3, -0.25) is 0 Å². The molecule has 0 fully saturated rings. The molecule has 1 unspecified atom stereocenters. The van der Waals surface area contributed by atoms with Crippen molar-refractivity contribution < 1.29 is 5.11 Å². The topological polar surface area (TPSA) is 38.1 Å². The van der Waals surface area contributed by atoms with Gasteiger partial charge in [-0.2, -0.15) is 0 Å². The summed E-state index contributed by atoms with van der Waals surface area (Å²) >= 11 is 2.29. The van der Waals surface area contributed by atoms with Crippen LogP contribution in [0, 0.1) is 3.57 Å². The van der Waals surface area contributed by atoms with Crippen molar-refractivity contribution >= 4 is 22.6 Å². The molecule has 0 spiro atoms. The maximum atomic E-state index is 9.54. The molecule has 16 heavy (non-hydrogen) atoms. The Morgan fingerprint density at radius 3 is 3.00 bits per heavy atom. The summed E-state index contributed by atoms with van der Waals surface area (Å²) in [4.78, 5) is 4.15. The summed E-state index contributed by atoms with van der Waals surface area (Å²) in [6.45, 7) is 2.48. The fourth-order valence-corrected chi connectivity index (χ4v) is 2.26. The van der Waals surface area contributed by atoms with Crippen molar-refractivity contribution in [3.63, 3.8) is 0 Å². The molecule has 1 aromatic carbocycles. The highest BCUT2D eigenvalue weighted by atomic mass is 127. The molecule has 0 aliphatic rings. The quantitative estimate of drug-likeness (QED) is 0.880. The van der Waals surface area contributed by atoms with Gasteiger partial charge in [0.2, 0.25) is 0 Å². The second kappa shape index (κ2) is 4.97. The Kier molecular flexibility index (Phi) is 3.60. The van der Waals surface area contributed by atoms with E-state index in [1.807, 2.05) is 16.8 Å². The Bertz CT molecular complexity index is 479. The normalized spacial score (nSPS) is 12.7. The van der Waals surface area contributed by atoms with Crippen LogP contribution in [0.2, 0.25) is 0 Å². The molecule has 2 aromatic rings. The van der Waals surface area contributed by atoms with Gasteiger partial charge in [-0.05, 0) is 47.2 Å². The number of rotatable bonds is 3. The molecule has 0 saturated heterocycles. The van der Waals surface area contributed by atoms with Crippen LogP contribution >= 0.6 is 22.6 Å². The fraction of sp³-hybridized carbons (Fsp3) is 0.250. The predicted octanol–water partition coefficient (Wildman–Crippen LogP) is 2.59. The lowest BCUT2D eigenvalue weighted by molar-refractivity contribution is 0.184. The number of hydrogen-bond acceptors (Lipinski definition) is 2. The third kappa shape index (κ3) is 2.62. The Hall–Kier alpha value is -0.880.